The van der Waals surface area contributed by atoms with Crippen molar-refractivity contribution in [1.29, 1.82) is 0 Å². The van der Waals surface area contributed by atoms with Crippen LogP contribution in [0.4, 0.5) is 0 Å². The van der Waals surface area contributed by atoms with Crippen LogP contribution in [-0.4, -0.2) is 90.1 Å². The maximum absolute atomic E-state index is 12.8. The molecule has 2 saturated heterocycles. The second-order valence-electron chi connectivity index (χ2n) is 8.52. The molecule has 11 heteroatoms. The average Bonchev–Trinajstić information content (AvgIpc) is 3.52. The van der Waals surface area contributed by atoms with Crippen LogP contribution in [-0.2, 0) is 42.9 Å². The van der Waals surface area contributed by atoms with E-state index in [0.717, 1.165) is 18.6 Å². The second kappa shape index (κ2) is 13.6. The van der Waals surface area contributed by atoms with Gasteiger partial charge in [0.05, 0.1) is 19.3 Å². The molecule has 0 aromatic heterocycles. The van der Waals surface area contributed by atoms with Crippen LogP contribution >= 0.6 is 0 Å². The van der Waals surface area contributed by atoms with Gasteiger partial charge in [0.1, 0.15) is 11.8 Å². The summed E-state index contributed by atoms with van der Waals surface area (Å²) in [5, 5.41) is 0. The first-order valence-corrected chi connectivity index (χ1v) is 12.3. The van der Waals surface area contributed by atoms with Crippen LogP contribution in [0.25, 0.3) is 0 Å². The van der Waals surface area contributed by atoms with Gasteiger partial charge in [-0.15, -0.1) is 0 Å². The smallest absolute Gasteiger partial charge is 0.331 e. The summed E-state index contributed by atoms with van der Waals surface area (Å²) < 4.78 is 20.7. The Morgan fingerprint density at radius 1 is 0.806 bits per heavy atom. The molecule has 0 N–H and O–H groups in total. The Morgan fingerprint density at radius 2 is 1.25 bits per heavy atom. The molecule has 0 saturated carbocycles. The van der Waals surface area contributed by atoms with E-state index in [4.69, 9.17) is 18.9 Å². The average molecular weight is 509 g/mol. The highest BCUT2D eigenvalue weighted by atomic mass is 16.6. The van der Waals surface area contributed by atoms with Crippen LogP contribution < -0.4 is 0 Å². The Morgan fingerprint density at radius 3 is 1.72 bits per heavy atom. The molecule has 0 radical (unpaired) electrons. The molecule has 4 atom stereocenters. The van der Waals surface area contributed by atoms with Crippen molar-refractivity contribution in [3.05, 3.63) is 24.5 Å². The van der Waals surface area contributed by atoms with Gasteiger partial charge in [0.25, 0.3) is 11.8 Å². The molecule has 2 fully saturated rings. The molecule has 2 rings (SSSR count). The maximum atomic E-state index is 12.8. The molecular weight excluding hydrogens is 472 g/mol. The number of rotatable bonds is 11. The lowest BCUT2D eigenvalue weighted by Crippen LogP contribution is -2.46. The molecule has 2 aliphatic heterocycles. The number of esters is 3. The van der Waals surface area contributed by atoms with Gasteiger partial charge in [-0.05, 0) is 53.4 Å². The fraction of sp³-hybridized carbons (Fsp3) is 0.640. The number of ether oxygens (including phenoxy) is 4. The van der Waals surface area contributed by atoms with Gasteiger partial charge in [-0.1, -0.05) is 6.58 Å². The minimum Gasteiger partial charge on any atom is -0.497 e. The Labute approximate surface area is 211 Å². The molecule has 0 aliphatic carbocycles. The molecule has 36 heavy (non-hydrogen) atoms. The number of carbonyl (C=O) groups excluding carboxylic acids is 5. The molecule has 0 aromatic carbocycles. The molecule has 2 aliphatic rings. The van der Waals surface area contributed by atoms with E-state index < -0.39 is 42.1 Å². The van der Waals surface area contributed by atoms with Crippen LogP contribution in [0.1, 0.15) is 53.4 Å². The van der Waals surface area contributed by atoms with Crippen LogP contribution in [0, 0.1) is 0 Å². The lowest BCUT2D eigenvalue weighted by Gasteiger charge is -2.28. The van der Waals surface area contributed by atoms with Crippen molar-refractivity contribution in [2.24, 2.45) is 0 Å². The quantitative estimate of drug-likeness (QED) is 0.176. The number of carbonyl (C=O) groups is 5. The largest absolute Gasteiger partial charge is 0.497 e. The van der Waals surface area contributed by atoms with Gasteiger partial charge in [-0.2, -0.15) is 0 Å². The summed E-state index contributed by atoms with van der Waals surface area (Å²) in [6, 6.07) is -0.980. The topological polar surface area (TPSA) is 129 Å². The number of amides is 2. The standard InChI is InChI=1S/C25H36N2O9/c1-6-33-16(3)19-10-8-14-26(19)23(30)17(4)35-21(28)12-13-22(29)36-18(5)24(31)27-15-9-11-20(27)25(32)34-7-2/h12-13,17-20H,3,6-11,14-15H2,1-2,4-5H3/b13-12+/t17-,18-,19-,20-/m0/s1. The Kier molecular flexibility index (Phi) is 10.9. The summed E-state index contributed by atoms with van der Waals surface area (Å²) in [6.45, 7) is 11.7. The molecule has 2 heterocycles. The Bertz CT molecular complexity index is 815. The highest BCUT2D eigenvalue weighted by molar-refractivity contribution is 5.95. The fourth-order valence-corrected chi connectivity index (χ4v) is 4.29. The summed E-state index contributed by atoms with van der Waals surface area (Å²) in [5.74, 6) is -2.75. The molecule has 0 spiro atoms. The van der Waals surface area contributed by atoms with E-state index >= 15 is 0 Å². The van der Waals surface area contributed by atoms with E-state index in [1.54, 1.807) is 11.8 Å². The first kappa shape index (κ1) is 28.9. The Balaban J connectivity index is 1.85. The number of nitrogens with zero attached hydrogens (tertiary/aromatic N) is 2. The van der Waals surface area contributed by atoms with Crippen LogP contribution in [0.3, 0.4) is 0 Å². The van der Waals surface area contributed by atoms with Crippen molar-refractivity contribution < 1.29 is 42.9 Å². The number of hydrogen-bond donors (Lipinski definition) is 0. The summed E-state index contributed by atoms with van der Waals surface area (Å²) in [7, 11) is 0. The SMILES string of the molecule is C=C(OCC)[C@@H]1CCCN1C(=O)[C@H](C)OC(=O)/C=C/C(=O)O[C@@H](C)C(=O)N1CCC[C@H]1C(=O)OCC. The summed E-state index contributed by atoms with van der Waals surface area (Å²) in [6.07, 6.45) is 2.02. The molecule has 2 amide bonds. The zero-order valence-corrected chi connectivity index (χ0v) is 21.4. The summed E-state index contributed by atoms with van der Waals surface area (Å²) >= 11 is 0. The van der Waals surface area contributed by atoms with Crippen molar-refractivity contribution in [2.45, 2.75) is 77.7 Å². The fourth-order valence-electron chi connectivity index (χ4n) is 4.29. The van der Waals surface area contributed by atoms with Gasteiger partial charge in [-0.3, -0.25) is 9.59 Å². The van der Waals surface area contributed by atoms with E-state index in [0.29, 0.717) is 44.7 Å². The van der Waals surface area contributed by atoms with E-state index in [9.17, 15) is 24.0 Å². The van der Waals surface area contributed by atoms with E-state index in [1.165, 1.54) is 18.7 Å². The normalized spacial score (nSPS) is 21.1. The first-order chi connectivity index (χ1) is 17.1. The van der Waals surface area contributed by atoms with Crippen molar-refractivity contribution >= 4 is 29.7 Å². The minimum absolute atomic E-state index is 0.203. The zero-order valence-electron chi connectivity index (χ0n) is 21.4. The van der Waals surface area contributed by atoms with Gasteiger partial charge < -0.3 is 28.7 Å². The molecule has 0 unspecified atom stereocenters. The monoisotopic (exact) mass is 508 g/mol. The van der Waals surface area contributed by atoms with Gasteiger partial charge in [0.15, 0.2) is 12.2 Å². The van der Waals surface area contributed by atoms with Gasteiger partial charge in [0, 0.05) is 25.2 Å². The highest BCUT2D eigenvalue weighted by Crippen LogP contribution is 2.25. The minimum atomic E-state index is -1.17. The predicted molar refractivity (Wildman–Crippen MR) is 127 cm³/mol. The van der Waals surface area contributed by atoms with Crippen LogP contribution in [0.2, 0.25) is 0 Å². The van der Waals surface area contributed by atoms with Crippen molar-refractivity contribution in [3.8, 4) is 0 Å². The van der Waals surface area contributed by atoms with E-state index in [-0.39, 0.29) is 18.6 Å². The summed E-state index contributed by atoms with van der Waals surface area (Å²) in [4.78, 5) is 64.7. The predicted octanol–water partition coefficient (Wildman–Crippen LogP) is 1.50. The summed E-state index contributed by atoms with van der Waals surface area (Å²) in [5.41, 5.74) is 0. The lowest BCUT2D eigenvalue weighted by molar-refractivity contribution is -0.160. The van der Waals surface area contributed by atoms with Gasteiger partial charge in [-0.25, -0.2) is 14.4 Å². The molecule has 0 bridgehead atoms. The third kappa shape index (κ3) is 7.56. The van der Waals surface area contributed by atoms with Crippen LogP contribution in [0.5, 0.6) is 0 Å². The molecule has 0 aromatic rings. The molecular formula is C25H36N2O9. The van der Waals surface area contributed by atoms with Gasteiger partial charge in [0.2, 0.25) is 0 Å². The number of likely N-dealkylation sites (tertiary alicyclic amines) is 2. The van der Waals surface area contributed by atoms with E-state index in [1.807, 2.05) is 6.92 Å². The zero-order chi connectivity index (χ0) is 26.8. The van der Waals surface area contributed by atoms with E-state index in [2.05, 4.69) is 6.58 Å². The molecule has 11 nitrogen and oxygen atoms in total. The number of hydrogen-bond acceptors (Lipinski definition) is 9. The molecule has 200 valence electrons. The lowest BCUT2D eigenvalue weighted by atomic mass is 10.2. The second-order valence-corrected chi connectivity index (χ2v) is 8.52. The maximum Gasteiger partial charge on any atom is 0.331 e. The third-order valence-electron chi connectivity index (χ3n) is 5.97. The van der Waals surface area contributed by atoms with Crippen molar-refractivity contribution in [3.63, 3.8) is 0 Å². The van der Waals surface area contributed by atoms with Gasteiger partial charge >= 0.3 is 17.9 Å². The highest BCUT2D eigenvalue weighted by Gasteiger charge is 2.38. The Hall–Kier alpha value is -3.37. The van der Waals surface area contributed by atoms with Crippen LogP contribution in [0.15, 0.2) is 24.5 Å². The van der Waals surface area contributed by atoms with Crippen molar-refractivity contribution in [2.75, 3.05) is 26.3 Å². The third-order valence-corrected chi connectivity index (χ3v) is 5.97. The van der Waals surface area contributed by atoms with Crippen molar-refractivity contribution in [1.82, 2.24) is 9.80 Å². The first-order valence-electron chi connectivity index (χ1n) is 12.3.